The summed E-state index contributed by atoms with van der Waals surface area (Å²) in [7, 11) is 1.38. The normalized spacial score (nSPS) is 10.6. The van der Waals surface area contributed by atoms with Gasteiger partial charge in [-0.2, -0.15) is 0 Å². The van der Waals surface area contributed by atoms with Gasteiger partial charge in [0.15, 0.2) is 0 Å². The molecule has 0 saturated carbocycles. The van der Waals surface area contributed by atoms with Crippen molar-refractivity contribution in [3.05, 3.63) is 0 Å². The monoisotopic (exact) mass is 356 g/mol. The van der Waals surface area contributed by atoms with Gasteiger partial charge in [0, 0.05) is 12.8 Å². The Morgan fingerprint density at radius 3 is 1.52 bits per heavy atom. The zero-order chi connectivity index (χ0) is 18.6. The zero-order valence-corrected chi connectivity index (χ0v) is 16.7. The summed E-state index contributed by atoms with van der Waals surface area (Å²) in [5.74, 6) is -0.363. The summed E-state index contributed by atoms with van der Waals surface area (Å²) in [5.41, 5.74) is 0. The highest BCUT2D eigenvalue weighted by Crippen LogP contribution is 2.12. The SMILES string of the molecule is CCCCCCCCCCCCCCOC(=O)CCCCC(=O)OC. The van der Waals surface area contributed by atoms with Crippen LogP contribution in [-0.2, 0) is 19.1 Å². The third-order valence-corrected chi connectivity index (χ3v) is 4.50. The van der Waals surface area contributed by atoms with Crippen LogP contribution in [0.2, 0.25) is 0 Å². The maximum Gasteiger partial charge on any atom is 0.305 e. The van der Waals surface area contributed by atoms with Crippen molar-refractivity contribution in [1.82, 2.24) is 0 Å². The first kappa shape index (κ1) is 23.9. The predicted octanol–water partition coefficient (Wildman–Crippen LogP) is 5.96. The van der Waals surface area contributed by atoms with Crippen molar-refractivity contribution in [3.63, 3.8) is 0 Å². The van der Waals surface area contributed by atoms with E-state index in [2.05, 4.69) is 11.7 Å². The quantitative estimate of drug-likeness (QED) is 0.224. The molecule has 0 N–H and O–H groups in total. The molecule has 148 valence electrons. The number of methoxy groups -OCH3 is 1. The number of unbranched alkanes of at least 4 members (excludes halogenated alkanes) is 12. The minimum Gasteiger partial charge on any atom is -0.469 e. The Balaban J connectivity index is 3.17. The molecule has 0 aromatic rings. The lowest BCUT2D eigenvalue weighted by molar-refractivity contribution is -0.145. The Morgan fingerprint density at radius 2 is 1.04 bits per heavy atom. The fourth-order valence-corrected chi connectivity index (χ4v) is 2.84. The molecule has 4 nitrogen and oxygen atoms in total. The molecule has 0 spiro atoms. The number of carbonyl (C=O) groups is 2. The van der Waals surface area contributed by atoms with E-state index in [0.717, 1.165) is 12.8 Å². The van der Waals surface area contributed by atoms with Gasteiger partial charge in [0.1, 0.15) is 0 Å². The second-order valence-electron chi connectivity index (χ2n) is 6.89. The fraction of sp³-hybridized carbons (Fsp3) is 0.905. The highest BCUT2D eigenvalue weighted by molar-refractivity contribution is 5.70. The van der Waals surface area contributed by atoms with Gasteiger partial charge in [-0.1, -0.05) is 77.6 Å². The van der Waals surface area contributed by atoms with Gasteiger partial charge in [-0.3, -0.25) is 9.59 Å². The highest BCUT2D eigenvalue weighted by atomic mass is 16.5. The van der Waals surface area contributed by atoms with Gasteiger partial charge in [-0.25, -0.2) is 0 Å². The molecule has 25 heavy (non-hydrogen) atoms. The molecule has 0 saturated heterocycles. The summed E-state index contributed by atoms with van der Waals surface area (Å²) >= 11 is 0. The van der Waals surface area contributed by atoms with Crippen molar-refractivity contribution in [2.45, 2.75) is 110 Å². The van der Waals surface area contributed by atoms with E-state index < -0.39 is 0 Å². The van der Waals surface area contributed by atoms with Crippen molar-refractivity contribution in [2.24, 2.45) is 0 Å². The fourth-order valence-electron chi connectivity index (χ4n) is 2.84. The molecular weight excluding hydrogens is 316 g/mol. The molecule has 0 unspecified atom stereocenters. The summed E-state index contributed by atoms with van der Waals surface area (Å²) < 4.78 is 9.77. The lowest BCUT2D eigenvalue weighted by Gasteiger charge is -2.05. The van der Waals surface area contributed by atoms with Crippen molar-refractivity contribution < 1.29 is 19.1 Å². The van der Waals surface area contributed by atoms with Crippen LogP contribution in [0.25, 0.3) is 0 Å². The number of esters is 2. The third kappa shape index (κ3) is 19.1. The molecule has 0 heterocycles. The summed E-state index contributed by atoms with van der Waals surface area (Å²) in [6.07, 6.45) is 17.8. The van der Waals surface area contributed by atoms with Crippen LogP contribution in [0, 0.1) is 0 Å². The topological polar surface area (TPSA) is 52.6 Å². The number of ether oxygens (including phenoxy) is 2. The average Bonchev–Trinajstić information content (AvgIpc) is 2.62. The van der Waals surface area contributed by atoms with E-state index in [1.165, 1.54) is 71.3 Å². The van der Waals surface area contributed by atoms with Crippen LogP contribution in [0.5, 0.6) is 0 Å². The second-order valence-corrected chi connectivity index (χ2v) is 6.89. The highest BCUT2D eigenvalue weighted by Gasteiger charge is 2.04. The van der Waals surface area contributed by atoms with Crippen LogP contribution in [-0.4, -0.2) is 25.7 Å². The molecule has 0 aliphatic carbocycles. The van der Waals surface area contributed by atoms with Crippen LogP contribution in [0.1, 0.15) is 110 Å². The number of rotatable bonds is 18. The Hall–Kier alpha value is -1.06. The van der Waals surface area contributed by atoms with Crippen LogP contribution in [0.4, 0.5) is 0 Å². The summed E-state index contributed by atoms with van der Waals surface area (Å²) in [6.45, 7) is 2.79. The Morgan fingerprint density at radius 1 is 0.600 bits per heavy atom. The van der Waals surface area contributed by atoms with Crippen molar-refractivity contribution in [1.29, 1.82) is 0 Å². The van der Waals surface area contributed by atoms with Crippen LogP contribution >= 0.6 is 0 Å². The Labute approximate surface area is 155 Å². The number of carbonyl (C=O) groups excluding carboxylic acids is 2. The van der Waals surface area contributed by atoms with Gasteiger partial charge in [0.05, 0.1) is 13.7 Å². The van der Waals surface area contributed by atoms with Gasteiger partial charge in [-0.15, -0.1) is 0 Å². The van der Waals surface area contributed by atoms with Crippen LogP contribution < -0.4 is 0 Å². The molecule has 0 aromatic carbocycles. The minimum atomic E-state index is -0.218. The molecule has 0 bridgehead atoms. The Bertz CT molecular complexity index is 315. The molecule has 0 radical (unpaired) electrons. The van der Waals surface area contributed by atoms with E-state index >= 15 is 0 Å². The van der Waals surface area contributed by atoms with Gasteiger partial charge in [-0.05, 0) is 19.3 Å². The maximum absolute atomic E-state index is 11.5. The Kier molecular flexibility index (Phi) is 18.5. The first-order chi connectivity index (χ1) is 12.2. The predicted molar refractivity (Wildman–Crippen MR) is 103 cm³/mol. The van der Waals surface area contributed by atoms with Crippen LogP contribution in [0.15, 0.2) is 0 Å². The lowest BCUT2D eigenvalue weighted by Crippen LogP contribution is -2.06. The average molecular weight is 357 g/mol. The molecule has 0 fully saturated rings. The van der Waals surface area contributed by atoms with Gasteiger partial charge in [0.25, 0.3) is 0 Å². The van der Waals surface area contributed by atoms with E-state index in [0.29, 0.717) is 32.3 Å². The number of hydrogen-bond donors (Lipinski definition) is 0. The standard InChI is InChI=1S/C21H40O4/c1-3-4-5-6-7-8-9-10-11-12-13-16-19-25-21(23)18-15-14-17-20(22)24-2/h3-19H2,1-2H3. The molecule has 0 atom stereocenters. The molecule has 0 rings (SSSR count). The van der Waals surface area contributed by atoms with Gasteiger partial charge in [0.2, 0.25) is 0 Å². The van der Waals surface area contributed by atoms with E-state index in [1.807, 2.05) is 0 Å². The van der Waals surface area contributed by atoms with Crippen LogP contribution in [0.3, 0.4) is 0 Å². The molecule has 0 aliphatic heterocycles. The molecule has 0 aromatic heterocycles. The zero-order valence-electron chi connectivity index (χ0n) is 16.7. The summed E-state index contributed by atoms with van der Waals surface area (Å²) in [4.78, 5) is 22.4. The lowest BCUT2D eigenvalue weighted by atomic mass is 10.1. The number of hydrogen-bond acceptors (Lipinski definition) is 4. The van der Waals surface area contributed by atoms with E-state index in [-0.39, 0.29) is 11.9 Å². The van der Waals surface area contributed by atoms with E-state index in [9.17, 15) is 9.59 Å². The molecule has 4 heteroatoms. The van der Waals surface area contributed by atoms with E-state index in [4.69, 9.17) is 4.74 Å². The van der Waals surface area contributed by atoms with Gasteiger partial charge >= 0.3 is 11.9 Å². The molecular formula is C21H40O4. The molecule has 0 aliphatic rings. The maximum atomic E-state index is 11.5. The van der Waals surface area contributed by atoms with E-state index in [1.54, 1.807) is 0 Å². The second kappa shape index (κ2) is 19.3. The largest absolute Gasteiger partial charge is 0.469 e. The first-order valence-electron chi connectivity index (χ1n) is 10.4. The summed E-state index contributed by atoms with van der Waals surface area (Å²) in [6, 6.07) is 0. The van der Waals surface area contributed by atoms with Gasteiger partial charge < -0.3 is 9.47 Å². The minimum absolute atomic E-state index is 0.145. The third-order valence-electron chi connectivity index (χ3n) is 4.50. The first-order valence-corrected chi connectivity index (χ1v) is 10.4. The smallest absolute Gasteiger partial charge is 0.305 e. The van der Waals surface area contributed by atoms with Crippen molar-refractivity contribution in [3.8, 4) is 0 Å². The van der Waals surface area contributed by atoms with Crippen molar-refractivity contribution >= 4 is 11.9 Å². The summed E-state index contributed by atoms with van der Waals surface area (Å²) in [5, 5.41) is 0. The van der Waals surface area contributed by atoms with Crippen molar-refractivity contribution in [2.75, 3.05) is 13.7 Å². The molecule has 0 amide bonds.